The van der Waals surface area contributed by atoms with Gasteiger partial charge in [-0.15, -0.1) is 0 Å². The average molecular weight is 797 g/mol. The Bertz CT molecular complexity index is 1390. The molecule has 0 fully saturated rings. The van der Waals surface area contributed by atoms with Crippen LogP contribution in [0.2, 0.25) is 0 Å². The first-order chi connectivity index (χ1) is 26.2. The third-order valence-corrected chi connectivity index (χ3v) is 8.76. The summed E-state index contributed by atoms with van der Waals surface area (Å²) in [5.41, 5.74) is 28.8. The number of carbonyl (C=O) groups excluding carboxylic acids is 5. The van der Waals surface area contributed by atoms with Crippen molar-refractivity contribution in [3.05, 3.63) is 29.8 Å². The summed E-state index contributed by atoms with van der Waals surface area (Å²) in [7, 11) is 0. The van der Waals surface area contributed by atoms with E-state index in [4.69, 9.17) is 34.1 Å². The summed E-state index contributed by atoms with van der Waals surface area (Å²) in [5.74, 6) is -5.53. The van der Waals surface area contributed by atoms with Crippen LogP contribution in [0.25, 0.3) is 0 Å². The Kier molecular flexibility index (Phi) is 23.7. The normalized spacial score (nSPS) is 14.2. The standard InChI is InChI=1S/C34H60N12O8S/c35-14-3-1-6-22(38)28(48)42-23(7-2-4-15-36)30(50)46-27(19-55)32(52)44-25(13-16-37)31(51)43-24(8-5-17-41-34(39)40)29(49)45-26(33(53)54)18-20-9-11-21(47)12-10-20/h9-12,22-27,47,55H,1-8,13-19,35-38H2,(H,42,48)(H,43,51)(H,44,52)(H,45,49)(H,46,50)(H,53,54)(H4,39,40,41)/t22-,23-,24-,25-,26-,27-/m0/s1. The molecule has 0 aliphatic heterocycles. The summed E-state index contributed by atoms with van der Waals surface area (Å²) in [4.78, 5) is 78.7. The molecule has 1 aromatic carbocycles. The van der Waals surface area contributed by atoms with Gasteiger partial charge >= 0.3 is 5.97 Å². The lowest BCUT2D eigenvalue weighted by Gasteiger charge is -2.27. The number of thiol groups is 1. The number of aromatic hydroxyl groups is 1. The fraction of sp³-hybridized carbons (Fsp3) is 0.618. The van der Waals surface area contributed by atoms with Gasteiger partial charge in [-0.3, -0.25) is 29.4 Å². The molecule has 0 saturated heterocycles. The molecule has 310 valence electrons. The first-order valence-corrected chi connectivity index (χ1v) is 18.9. The van der Waals surface area contributed by atoms with Crippen molar-refractivity contribution in [1.29, 1.82) is 5.41 Å². The van der Waals surface area contributed by atoms with E-state index in [-0.39, 0.29) is 62.7 Å². The number of nitrogens with two attached hydrogens (primary N) is 5. The zero-order chi connectivity index (χ0) is 41.3. The maximum Gasteiger partial charge on any atom is 0.326 e. The van der Waals surface area contributed by atoms with Gasteiger partial charge in [-0.1, -0.05) is 18.6 Å². The first-order valence-electron chi connectivity index (χ1n) is 18.2. The highest BCUT2D eigenvalue weighted by atomic mass is 32.1. The number of phenolic OH excluding ortho intramolecular Hbond substituents is 1. The molecule has 6 atom stereocenters. The minimum atomic E-state index is -1.40. The summed E-state index contributed by atoms with van der Waals surface area (Å²) >= 11 is 4.22. The van der Waals surface area contributed by atoms with Crippen molar-refractivity contribution < 1.29 is 39.0 Å². The molecule has 0 unspecified atom stereocenters. The highest BCUT2D eigenvalue weighted by molar-refractivity contribution is 7.80. The molecule has 0 heterocycles. The second kappa shape index (κ2) is 27.0. The van der Waals surface area contributed by atoms with Crippen molar-refractivity contribution in [3.8, 4) is 5.75 Å². The van der Waals surface area contributed by atoms with Crippen LogP contribution in [0.4, 0.5) is 0 Å². The largest absolute Gasteiger partial charge is 0.508 e. The van der Waals surface area contributed by atoms with Gasteiger partial charge in [0, 0.05) is 18.7 Å². The molecule has 21 heteroatoms. The van der Waals surface area contributed by atoms with Gasteiger partial charge in [0.1, 0.15) is 36.0 Å². The van der Waals surface area contributed by atoms with Crippen molar-refractivity contribution in [2.45, 2.75) is 100 Å². The van der Waals surface area contributed by atoms with E-state index in [0.717, 1.165) is 0 Å². The SMILES string of the molecule is N=C(N)NCCC[C@H](NC(=O)[C@H](CCN)NC(=O)[C@H](CS)NC(=O)[C@H](CCCCN)NC(=O)[C@@H](N)CCCCN)C(=O)N[C@@H](Cc1ccc(O)cc1)C(=O)O. The Morgan fingerprint density at radius 3 is 1.58 bits per heavy atom. The zero-order valence-electron chi connectivity index (χ0n) is 31.1. The number of nitrogens with one attached hydrogen (secondary N) is 7. The van der Waals surface area contributed by atoms with Gasteiger partial charge < -0.3 is 70.8 Å². The average Bonchev–Trinajstić information content (AvgIpc) is 3.14. The van der Waals surface area contributed by atoms with Crippen LogP contribution in [0.15, 0.2) is 24.3 Å². The number of guanidine groups is 1. The molecule has 20 nitrogen and oxygen atoms in total. The Labute approximate surface area is 326 Å². The van der Waals surface area contributed by atoms with Crippen molar-refractivity contribution in [2.75, 3.05) is 31.9 Å². The Morgan fingerprint density at radius 1 is 0.636 bits per heavy atom. The number of unbranched alkanes of at least 4 members (excludes halogenated alkanes) is 2. The lowest BCUT2D eigenvalue weighted by atomic mass is 10.0. The summed E-state index contributed by atoms with van der Waals surface area (Å²) in [6.45, 7) is 0.908. The smallest absolute Gasteiger partial charge is 0.326 e. The molecule has 0 saturated carbocycles. The molecule has 1 aromatic rings. The number of hydrogen-bond donors (Lipinski definition) is 15. The Hall–Kier alpha value is -4.70. The maximum absolute atomic E-state index is 13.6. The van der Waals surface area contributed by atoms with E-state index in [0.29, 0.717) is 50.8 Å². The van der Waals surface area contributed by atoms with Crippen LogP contribution in [0, 0.1) is 5.41 Å². The lowest BCUT2D eigenvalue weighted by Crippen LogP contribution is -2.60. The number of hydrogen-bond acceptors (Lipinski definition) is 13. The van der Waals surface area contributed by atoms with Crippen LogP contribution >= 0.6 is 12.6 Å². The topological polar surface area (TPSA) is 369 Å². The summed E-state index contributed by atoms with van der Waals surface area (Å²) in [6, 6.07) is -1.40. The molecule has 0 radical (unpaired) electrons. The van der Waals surface area contributed by atoms with Crippen LogP contribution < -0.4 is 60.6 Å². The van der Waals surface area contributed by atoms with Crippen LogP contribution in [0.1, 0.15) is 63.4 Å². The second-order valence-corrected chi connectivity index (χ2v) is 13.3. The predicted octanol–water partition coefficient (Wildman–Crippen LogP) is -3.43. The number of benzene rings is 1. The van der Waals surface area contributed by atoms with Gasteiger partial charge in [0.15, 0.2) is 5.96 Å². The Balaban J connectivity index is 3.12. The molecule has 1 rings (SSSR count). The highest BCUT2D eigenvalue weighted by Gasteiger charge is 2.32. The minimum Gasteiger partial charge on any atom is -0.508 e. The quantitative estimate of drug-likeness (QED) is 0.0170. The number of carboxylic acids is 1. The molecule has 0 aliphatic carbocycles. The van der Waals surface area contributed by atoms with Gasteiger partial charge in [-0.2, -0.15) is 12.6 Å². The highest BCUT2D eigenvalue weighted by Crippen LogP contribution is 2.12. The van der Waals surface area contributed by atoms with E-state index < -0.39 is 71.8 Å². The van der Waals surface area contributed by atoms with Gasteiger partial charge in [-0.05, 0) is 88.7 Å². The number of carbonyl (C=O) groups is 6. The van der Waals surface area contributed by atoms with Crippen molar-refractivity contribution in [3.63, 3.8) is 0 Å². The van der Waals surface area contributed by atoms with E-state index in [1.54, 1.807) is 0 Å². The van der Waals surface area contributed by atoms with Gasteiger partial charge in [0.05, 0.1) is 6.04 Å². The fourth-order valence-corrected chi connectivity index (χ4v) is 5.52. The number of aliphatic carboxylic acids is 1. The van der Waals surface area contributed by atoms with E-state index in [9.17, 15) is 39.0 Å². The van der Waals surface area contributed by atoms with Crippen LogP contribution in [0.3, 0.4) is 0 Å². The van der Waals surface area contributed by atoms with Crippen LogP contribution in [-0.4, -0.2) is 120 Å². The van der Waals surface area contributed by atoms with Gasteiger partial charge in [0.25, 0.3) is 0 Å². The van der Waals surface area contributed by atoms with E-state index >= 15 is 0 Å². The fourth-order valence-electron chi connectivity index (χ4n) is 5.26. The third kappa shape index (κ3) is 19.5. The molecule has 0 aromatic heterocycles. The predicted molar refractivity (Wildman–Crippen MR) is 210 cm³/mol. The van der Waals surface area contributed by atoms with Crippen molar-refractivity contribution in [2.24, 2.45) is 28.7 Å². The summed E-state index contributed by atoms with van der Waals surface area (Å²) < 4.78 is 0. The zero-order valence-corrected chi connectivity index (χ0v) is 32.0. The number of phenols is 1. The lowest BCUT2D eigenvalue weighted by molar-refractivity contribution is -0.142. The number of amides is 5. The molecule has 0 aliphatic rings. The number of rotatable bonds is 28. The van der Waals surface area contributed by atoms with E-state index in [1.165, 1.54) is 24.3 Å². The second-order valence-electron chi connectivity index (χ2n) is 12.9. The summed E-state index contributed by atoms with van der Waals surface area (Å²) in [5, 5.41) is 42.1. The van der Waals surface area contributed by atoms with E-state index in [2.05, 4.69) is 44.5 Å². The first kappa shape index (κ1) is 48.3. The molecule has 19 N–H and O–H groups in total. The molecule has 5 amide bonds. The third-order valence-electron chi connectivity index (χ3n) is 8.40. The van der Waals surface area contributed by atoms with Gasteiger partial charge in [-0.25, -0.2) is 4.79 Å². The van der Waals surface area contributed by atoms with Crippen LogP contribution in [-0.2, 0) is 35.2 Å². The minimum absolute atomic E-state index is 0.0179. The van der Waals surface area contributed by atoms with Crippen molar-refractivity contribution >= 4 is 54.1 Å². The van der Waals surface area contributed by atoms with Gasteiger partial charge in [0.2, 0.25) is 29.5 Å². The molecular formula is C34H60N12O8S. The number of carboxylic acid groups (broad SMARTS) is 1. The maximum atomic E-state index is 13.6. The monoisotopic (exact) mass is 796 g/mol. The molecule has 55 heavy (non-hydrogen) atoms. The molecular weight excluding hydrogens is 737 g/mol. The van der Waals surface area contributed by atoms with Crippen LogP contribution in [0.5, 0.6) is 5.75 Å². The summed E-state index contributed by atoms with van der Waals surface area (Å²) in [6.07, 6.45) is 2.96. The molecule has 0 spiro atoms. The van der Waals surface area contributed by atoms with Crippen molar-refractivity contribution in [1.82, 2.24) is 31.9 Å². The Morgan fingerprint density at radius 2 is 1.09 bits per heavy atom. The molecule has 0 bridgehead atoms. The van der Waals surface area contributed by atoms with E-state index in [1.807, 2.05) is 0 Å².